The van der Waals surface area contributed by atoms with Crippen molar-refractivity contribution < 1.29 is 5.11 Å². The van der Waals surface area contributed by atoms with E-state index < -0.39 is 0 Å². The van der Waals surface area contributed by atoms with E-state index in [2.05, 4.69) is 10.2 Å². The highest BCUT2D eigenvalue weighted by Gasteiger charge is 2.54. The lowest BCUT2D eigenvalue weighted by molar-refractivity contribution is -0.127. The fraction of sp³-hybridized carbons (Fsp3) is 1.00. The van der Waals surface area contributed by atoms with Gasteiger partial charge in [-0.3, -0.25) is 4.90 Å². The van der Waals surface area contributed by atoms with Crippen LogP contribution in [0.1, 0.15) is 38.5 Å². The number of nitrogens with one attached hydrogen (secondary N) is 1. The molecule has 108 valence electrons. The van der Waals surface area contributed by atoms with E-state index in [1.807, 2.05) is 0 Å². The highest BCUT2D eigenvalue weighted by molar-refractivity contribution is 5.04. The van der Waals surface area contributed by atoms with Gasteiger partial charge >= 0.3 is 0 Å². The van der Waals surface area contributed by atoms with Crippen molar-refractivity contribution in [1.82, 2.24) is 10.2 Å². The van der Waals surface area contributed by atoms with E-state index in [9.17, 15) is 5.11 Å². The van der Waals surface area contributed by atoms with Crippen LogP contribution in [0.25, 0.3) is 0 Å². The van der Waals surface area contributed by atoms with E-state index in [1.54, 1.807) is 0 Å². The molecule has 5 fully saturated rings. The Morgan fingerprint density at radius 2 is 1.53 bits per heavy atom. The van der Waals surface area contributed by atoms with Gasteiger partial charge in [-0.05, 0) is 61.7 Å². The van der Waals surface area contributed by atoms with E-state index in [-0.39, 0.29) is 6.10 Å². The lowest BCUT2D eigenvalue weighted by atomic mass is 9.48. The van der Waals surface area contributed by atoms with Crippen LogP contribution in [0.2, 0.25) is 0 Å². The van der Waals surface area contributed by atoms with Gasteiger partial charge in [-0.25, -0.2) is 0 Å². The maximum Gasteiger partial charge on any atom is 0.0723 e. The molecular weight excluding hydrogens is 236 g/mol. The smallest absolute Gasteiger partial charge is 0.0723 e. The number of piperazine rings is 1. The largest absolute Gasteiger partial charge is 0.391 e. The number of aliphatic hydroxyl groups is 1. The summed E-state index contributed by atoms with van der Waals surface area (Å²) in [6.07, 6.45) is 8.32. The molecule has 0 radical (unpaired) electrons. The monoisotopic (exact) mass is 264 g/mol. The van der Waals surface area contributed by atoms with Crippen molar-refractivity contribution in [3.05, 3.63) is 0 Å². The second-order valence-electron chi connectivity index (χ2n) is 7.85. The summed E-state index contributed by atoms with van der Waals surface area (Å²) in [4.78, 5) is 2.47. The Hall–Kier alpha value is -0.120. The number of nitrogens with zero attached hydrogens (tertiary/aromatic N) is 1. The molecule has 0 amide bonds. The van der Waals surface area contributed by atoms with Gasteiger partial charge < -0.3 is 10.4 Å². The van der Waals surface area contributed by atoms with Crippen LogP contribution in [0.15, 0.2) is 0 Å². The molecule has 1 atom stereocenters. The summed E-state index contributed by atoms with van der Waals surface area (Å²) in [5.74, 6) is 2.84. The van der Waals surface area contributed by atoms with Crippen molar-refractivity contribution in [3.8, 4) is 0 Å². The second kappa shape index (κ2) is 4.71. The van der Waals surface area contributed by atoms with Gasteiger partial charge in [0, 0.05) is 32.7 Å². The van der Waals surface area contributed by atoms with Gasteiger partial charge in [0.1, 0.15) is 0 Å². The quantitative estimate of drug-likeness (QED) is 0.810. The first-order chi connectivity index (χ1) is 9.23. The highest BCUT2D eigenvalue weighted by atomic mass is 16.3. The third-order valence-corrected chi connectivity index (χ3v) is 6.43. The van der Waals surface area contributed by atoms with E-state index >= 15 is 0 Å². The first-order valence-electron chi connectivity index (χ1n) is 8.35. The summed E-state index contributed by atoms with van der Waals surface area (Å²) in [6, 6.07) is 0. The van der Waals surface area contributed by atoms with Gasteiger partial charge in [-0.2, -0.15) is 0 Å². The van der Waals surface area contributed by atoms with Crippen molar-refractivity contribution in [1.29, 1.82) is 0 Å². The van der Waals surface area contributed by atoms with Crippen LogP contribution in [0.4, 0.5) is 0 Å². The van der Waals surface area contributed by atoms with E-state index in [4.69, 9.17) is 0 Å². The molecule has 4 saturated carbocycles. The zero-order valence-corrected chi connectivity index (χ0v) is 12.0. The van der Waals surface area contributed by atoms with Crippen molar-refractivity contribution in [2.45, 2.75) is 44.6 Å². The molecule has 19 heavy (non-hydrogen) atoms. The number of aliphatic hydroxyl groups excluding tert-OH is 1. The lowest BCUT2D eigenvalue weighted by Gasteiger charge is -2.58. The topological polar surface area (TPSA) is 35.5 Å². The van der Waals surface area contributed by atoms with E-state index in [0.29, 0.717) is 5.41 Å². The van der Waals surface area contributed by atoms with Crippen LogP contribution in [0.3, 0.4) is 0 Å². The Labute approximate surface area is 116 Å². The normalized spacial score (nSPS) is 47.5. The molecule has 4 aliphatic carbocycles. The summed E-state index contributed by atoms with van der Waals surface area (Å²) in [7, 11) is 0. The number of rotatable bonds is 3. The molecule has 0 aromatic rings. The Bertz CT molecular complexity index is 302. The molecule has 4 bridgehead atoms. The lowest BCUT2D eigenvalue weighted by Crippen LogP contribution is -2.56. The molecule has 0 spiro atoms. The van der Waals surface area contributed by atoms with Gasteiger partial charge in [-0.1, -0.05) is 0 Å². The summed E-state index contributed by atoms with van der Waals surface area (Å²) in [6.45, 7) is 5.34. The van der Waals surface area contributed by atoms with Gasteiger partial charge in [0.25, 0.3) is 0 Å². The number of β-amino-alcohol motifs (C(OH)–C–C–N with tert-alkyl or cyclic N) is 1. The van der Waals surface area contributed by atoms with Crippen molar-refractivity contribution in [3.63, 3.8) is 0 Å². The summed E-state index contributed by atoms with van der Waals surface area (Å²) in [5.41, 5.74) is 0.305. The van der Waals surface area contributed by atoms with Crippen molar-refractivity contribution >= 4 is 0 Å². The van der Waals surface area contributed by atoms with Crippen molar-refractivity contribution in [2.24, 2.45) is 23.2 Å². The fourth-order valence-corrected chi connectivity index (χ4v) is 5.92. The van der Waals surface area contributed by atoms with Crippen molar-refractivity contribution in [2.75, 3.05) is 32.7 Å². The van der Waals surface area contributed by atoms with Crippen LogP contribution in [-0.2, 0) is 0 Å². The minimum absolute atomic E-state index is 0.0704. The minimum Gasteiger partial charge on any atom is -0.391 e. The molecule has 0 aromatic carbocycles. The molecular formula is C16H28N2O. The fourth-order valence-electron chi connectivity index (χ4n) is 5.92. The van der Waals surface area contributed by atoms with Crippen LogP contribution in [-0.4, -0.2) is 48.8 Å². The zero-order valence-electron chi connectivity index (χ0n) is 12.0. The number of hydrogen-bond donors (Lipinski definition) is 2. The summed E-state index contributed by atoms with van der Waals surface area (Å²) >= 11 is 0. The molecule has 2 N–H and O–H groups in total. The average Bonchev–Trinajstić information content (AvgIpc) is 2.38. The highest BCUT2D eigenvalue weighted by Crippen LogP contribution is 2.61. The van der Waals surface area contributed by atoms with E-state index in [1.165, 1.54) is 38.5 Å². The zero-order chi connectivity index (χ0) is 12.9. The Morgan fingerprint density at radius 1 is 1.00 bits per heavy atom. The molecule has 1 unspecified atom stereocenters. The molecule has 5 aliphatic rings. The molecule has 3 nitrogen and oxygen atoms in total. The predicted octanol–water partition coefficient (Wildman–Crippen LogP) is 1.47. The van der Waals surface area contributed by atoms with Gasteiger partial charge in [-0.15, -0.1) is 0 Å². The molecule has 0 aromatic heterocycles. The Kier molecular flexibility index (Phi) is 3.13. The van der Waals surface area contributed by atoms with Crippen LogP contribution in [0.5, 0.6) is 0 Å². The first kappa shape index (κ1) is 12.6. The second-order valence-corrected chi connectivity index (χ2v) is 7.85. The van der Waals surface area contributed by atoms with E-state index in [0.717, 1.165) is 50.5 Å². The summed E-state index contributed by atoms with van der Waals surface area (Å²) in [5, 5.41) is 14.3. The average molecular weight is 264 g/mol. The third kappa shape index (κ3) is 2.24. The van der Waals surface area contributed by atoms with Crippen LogP contribution >= 0.6 is 0 Å². The van der Waals surface area contributed by atoms with Crippen LogP contribution < -0.4 is 5.32 Å². The maximum absolute atomic E-state index is 10.9. The molecule has 5 rings (SSSR count). The summed E-state index contributed by atoms with van der Waals surface area (Å²) < 4.78 is 0. The Balaban J connectivity index is 1.45. The van der Waals surface area contributed by atoms with Gasteiger partial charge in [0.15, 0.2) is 0 Å². The SMILES string of the molecule is OC(CN1CCNCC1)C12CC3CC(CC(C3)C1)C2. The third-order valence-electron chi connectivity index (χ3n) is 6.43. The minimum atomic E-state index is -0.0704. The molecule has 1 aliphatic heterocycles. The van der Waals surface area contributed by atoms with Gasteiger partial charge in [0.2, 0.25) is 0 Å². The number of hydrogen-bond acceptors (Lipinski definition) is 3. The van der Waals surface area contributed by atoms with Gasteiger partial charge in [0.05, 0.1) is 6.10 Å². The molecule has 1 saturated heterocycles. The molecule has 3 heteroatoms. The maximum atomic E-state index is 10.9. The molecule has 1 heterocycles. The predicted molar refractivity (Wildman–Crippen MR) is 75.9 cm³/mol. The van der Waals surface area contributed by atoms with Crippen LogP contribution in [0, 0.1) is 23.2 Å². The Morgan fingerprint density at radius 3 is 2.05 bits per heavy atom. The first-order valence-corrected chi connectivity index (χ1v) is 8.35. The standard InChI is InChI=1S/C16H28N2O/c19-15(11-18-3-1-17-2-4-18)16-8-12-5-13(9-16)7-14(6-12)10-16/h12-15,17,19H,1-11H2.